The van der Waals surface area contributed by atoms with Gasteiger partial charge in [-0.05, 0) is 42.0 Å². The van der Waals surface area contributed by atoms with Crippen molar-refractivity contribution in [3.8, 4) is 0 Å². The van der Waals surface area contributed by atoms with Crippen LogP contribution in [0.5, 0.6) is 0 Å². The number of urea groups is 1. The molecule has 0 unspecified atom stereocenters. The summed E-state index contributed by atoms with van der Waals surface area (Å²) in [4.78, 5) is 18.8. The Morgan fingerprint density at radius 2 is 1.80 bits per heavy atom. The third-order valence-electron chi connectivity index (χ3n) is 3.84. The molecular formula is C18H18FN7O3S. The monoisotopic (exact) mass is 431 g/mol. The maximum atomic E-state index is 14.2. The average Bonchev–Trinajstić information content (AvgIpc) is 2.69. The number of rotatable bonds is 7. The number of carbonyl (C=O) groups excluding carboxylic acids is 1. The van der Waals surface area contributed by atoms with Crippen molar-refractivity contribution in [3.63, 3.8) is 0 Å². The summed E-state index contributed by atoms with van der Waals surface area (Å²) in [7, 11) is -3.80. The molecule has 2 aromatic carbocycles. The van der Waals surface area contributed by atoms with Gasteiger partial charge in [0.05, 0.1) is 11.1 Å². The molecule has 0 radical (unpaired) electrons. The van der Waals surface area contributed by atoms with Crippen LogP contribution in [0.25, 0.3) is 0 Å². The number of primary sulfonamides is 1. The second-order valence-electron chi connectivity index (χ2n) is 6.13. The minimum atomic E-state index is -3.80. The molecule has 30 heavy (non-hydrogen) atoms. The first-order valence-electron chi connectivity index (χ1n) is 8.52. The zero-order chi connectivity index (χ0) is 21.7. The van der Waals surface area contributed by atoms with E-state index in [0.29, 0.717) is 11.4 Å². The van der Waals surface area contributed by atoms with Gasteiger partial charge < -0.3 is 21.7 Å². The maximum absolute atomic E-state index is 14.2. The van der Waals surface area contributed by atoms with Gasteiger partial charge in [0.15, 0.2) is 11.6 Å². The summed E-state index contributed by atoms with van der Waals surface area (Å²) in [5.74, 6) is -0.659. The van der Waals surface area contributed by atoms with Crippen LogP contribution < -0.4 is 26.8 Å². The quantitative estimate of drug-likeness (QED) is 0.381. The van der Waals surface area contributed by atoms with Crippen molar-refractivity contribution < 1.29 is 17.6 Å². The van der Waals surface area contributed by atoms with E-state index in [9.17, 15) is 17.6 Å². The normalized spacial score (nSPS) is 11.0. The number of nitrogens with two attached hydrogens (primary N) is 2. The van der Waals surface area contributed by atoms with Gasteiger partial charge in [0.1, 0.15) is 0 Å². The SMILES string of the molecule is NC(=O)NCc1cccc(Nc2nc(Nc3ccc(S(N)(=O)=O)cc3)ncc2F)c1. The highest BCUT2D eigenvalue weighted by molar-refractivity contribution is 7.89. The molecule has 0 bridgehead atoms. The van der Waals surface area contributed by atoms with Gasteiger partial charge in [0.25, 0.3) is 0 Å². The van der Waals surface area contributed by atoms with Crippen LogP contribution in [0.4, 0.5) is 32.3 Å². The minimum Gasteiger partial charge on any atom is -0.352 e. The smallest absolute Gasteiger partial charge is 0.312 e. The standard InChI is InChI=1S/C18H18FN7O3S/c19-15-10-23-18(25-12-4-6-14(7-5-12)30(21,28)29)26-16(15)24-13-3-1-2-11(8-13)9-22-17(20)27/h1-8,10H,9H2,(H3,20,22,27)(H2,21,28,29)(H2,23,24,25,26). The zero-order valence-corrected chi connectivity index (χ0v) is 16.3. The van der Waals surface area contributed by atoms with Crippen LogP contribution in [0.15, 0.2) is 59.6 Å². The fourth-order valence-corrected chi connectivity index (χ4v) is 2.97. The molecule has 156 valence electrons. The number of halogens is 1. The lowest BCUT2D eigenvalue weighted by atomic mass is 10.2. The van der Waals surface area contributed by atoms with Crippen LogP contribution in [-0.4, -0.2) is 24.4 Å². The third kappa shape index (κ3) is 5.62. The molecule has 1 heterocycles. The van der Waals surface area contributed by atoms with Gasteiger partial charge in [-0.3, -0.25) is 0 Å². The van der Waals surface area contributed by atoms with E-state index in [0.717, 1.165) is 11.8 Å². The molecule has 2 amide bonds. The molecule has 0 aliphatic rings. The lowest BCUT2D eigenvalue weighted by molar-refractivity contribution is 0.248. The molecule has 3 rings (SSSR count). The van der Waals surface area contributed by atoms with Gasteiger partial charge in [-0.25, -0.2) is 27.7 Å². The van der Waals surface area contributed by atoms with Gasteiger partial charge in [-0.1, -0.05) is 12.1 Å². The Morgan fingerprint density at radius 3 is 2.47 bits per heavy atom. The number of sulfonamides is 1. The van der Waals surface area contributed by atoms with Crippen LogP contribution in [0, 0.1) is 5.82 Å². The fraction of sp³-hybridized carbons (Fsp3) is 0.0556. The molecule has 0 spiro atoms. The number of hydrogen-bond donors (Lipinski definition) is 5. The molecule has 0 saturated heterocycles. The second kappa shape index (κ2) is 8.71. The number of aromatic nitrogens is 2. The number of anilines is 4. The van der Waals surface area contributed by atoms with Crippen molar-refractivity contribution in [2.75, 3.05) is 10.6 Å². The predicted octanol–water partition coefficient (Wildman–Crippen LogP) is 1.92. The van der Waals surface area contributed by atoms with E-state index in [1.807, 2.05) is 0 Å². The first-order chi connectivity index (χ1) is 14.2. The highest BCUT2D eigenvalue weighted by atomic mass is 32.2. The number of amides is 2. The van der Waals surface area contributed by atoms with Crippen LogP contribution in [0.3, 0.4) is 0 Å². The molecule has 10 nitrogen and oxygen atoms in total. The molecule has 0 aliphatic carbocycles. The molecule has 12 heteroatoms. The number of nitrogens with one attached hydrogen (secondary N) is 3. The van der Waals surface area contributed by atoms with E-state index in [-0.39, 0.29) is 23.2 Å². The van der Waals surface area contributed by atoms with Crippen LogP contribution in [-0.2, 0) is 16.6 Å². The van der Waals surface area contributed by atoms with E-state index in [1.165, 1.54) is 24.3 Å². The van der Waals surface area contributed by atoms with Gasteiger partial charge in [-0.15, -0.1) is 0 Å². The van der Waals surface area contributed by atoms with Crippen molar-refractivity contribution >= 4 is 39.2 Å². The number of hydrogen-bond acceptors (Lipinski definition) is 7. The molecular weight excluding hydrogens is 413 g/mol. The van der Waals surface area contributed by atoms with Crippen molar-refractivity contribution in [3.05, 3.63) is 66.1 Å². The second-order valence-corrected chi connectivity index (χ2v) is 7.69. The lowest BCUT2D eigenvalue weighted by Crippen LogP contribution is -2.28. The predicted molar refractivity (Wildman–Crippen MR) is 109 cm³/mol. The van der Waals surface area contributed by atoms with E-state index in [1.54, 1.807) is 24.3 Å². The summed E-state index contributed by atoms with van der Waals surface area (Å²) in [5.41, 5.74) is 6.83. The topological polar surface area (TPSA) is 165 Å². The molecule has 7 N–H and O–H groups in total. The largest absolute Gasteiger partial charge is 0.352 e. The first kappa shape index (κ1) is 21.0. The Hall–Kier alpha value is -3.77. The highest BCUT2D eigenvalue weighted by Gasteiger charge is 2.10. The highest BCUT2D eigenvalue weighted by Crippen LogP contribution is 2.22. The Kier molecular flexibility index (Phi) is 6.09. The average molecular weight is 431 g/mol. The summed E-state index contributed by atoms with van der Waals surface area (Å²) >= 11 is 0. The van der Waals surface area contributed by atoms with Gasteiger partial charge >= 0.3 is 6.03 Å². The van der Waals surface area contributed by atoms with Gasteiger partial charge in [-0.2, -0.15) is 4.98 Å². The lowest BCUT2D eigenvalue weighted by Gasteiger charge is -2.11. The molecule has 0 saturated carbocycles. The fourth-order valence-electron chi connectivity index (χ4n) is 2.46. The zero-order valence-electron chi connectivity index (χ0n) is 15.5. The van der Waals surface area contributed by atoms with Crippen molar-refractivity contribution in [2.45, 2.75) is 11.4 Å². The number of carbonyl (C=O) groups is 1. The first-order valence-corrected chi connectivity index (χ1v) is 10.1. The Balaban J connectivity index is 1.75. The van der Waals surface area contributed by atoms with Crippen LogP contribution >= 0.6 is 0 Å². The molecule has 1 aromatic heterocycles. The summed E-state index contributed by atoms with van der Waals surface area (Å²) in [5, 5.41) is 13.2. The van der Waals surface area contributed by atoms with Crippen LogP contribution in [0.2, 0.25) is 0 Å². The summed E-state index contributed by atoms with van der Waals surface area (Å²) in [6, 6.07) is 11.9. The van der Waals surface area contributed by atoms with E-state index < -0.39 is 21.9 Å². The van der Waals surface area contributed by atoms with E-state index >= 15 is 0 Å². The molecule has 0 fully saturated rings. The minimum absolute atomic E-state index is 0.0406. The van der Waals surface area contributed by atoms with Crippen molar-refractivity contribution in [1.82, 2.24) is 15.3 Å². The Labute approximate surface area is 171 Å². The molecule has 0 atom stereocenters. The maximum Gasteiger partial charge on any atom is 0.312 e. The Morgan fingerprint density at radius 1 is 1.07 bits per heavy atom. The van der Waals surface area contributed by atoms with Gasteiger partial charge in [0.2, 0.25) is 16.0 Å². The summed E-state index contributed by atoms with van der Waals surface area (Å²) < 4.78 is 36.8. The number of primary amides is 1. The van der Waals surface area contributed by atoms with Crippen LogP contribution in [0.1, 0.15) is 5.56 Å². The van der Waals surface area contributed by atoms with E-state index in [4.69, 9.17) is 10.9 Å². The number of benzene rings is 2. The third-order valence-corrected chi connectivity index (χ3v) is 4.77. The molecule has 0 aliphatic heterocycles. The van der Waals surface area contributed by atoms with Crippen molar-refractivity contribution in [1.29, 1.82) is 0 Å². The van der Waals surface area contributed by atoms with E-state index in [2.05, 4.69) is 25.9 Å². The molecule has 3 aromatic rings. The Bertz CT molecular complexity index is 1170. The summed E-state index contributed by atoms with van der Waals surface area (Å²) in [6.07, 6.45) is 0.995. The van der Waals surface area contributed by atoms with Gasteiger partial charge in [0, 0.05) is 17.9 Å². The van der Waals surface area contributed by atoms with Crippen molar-refractivity contribution in [2.24, 2.45) is 10.9 Å². The number of nitrogens with zero attached hydrogens (tertiary/aromatic N) is 2. The summed E-state index contributed by atoms with van der Waals surface area (Å²) in [6.45, 7) is 0.221.